The average molecular weight is 195 g/mol. The van der Waals surface area contributed by atoms with Crippen LogP contribution in [0.3, 0.4) is 0 Å². The topological polar surface area (TPSA) is 22.1 Å². The smallest absolute Gasteiger partial charge is 0.216 e. The van der Waals surface area contributed by atoms with Crippen molar-refractivity contribution in [2.45, 2.75) is 40.5 Å². The number of rotatable bonds is 2. The van der Waals surface area contributed by atoms with Crippen LogP contribution in [0.15, 0.2) is 12.1 Å². The van der Waals surface area contributed by atoms with Gasteiger partial charge in [-0.3, -0.25) is 0 Å². The van der Waals surface area contributed by atoms with Crippen molar-refractivity contribution >= 4 is 0 Å². The molecule has 80 valence electrons. The van der Waals surface area contributed by atoms with Gasteiger partial charge in [-0.15, -0.1) is 0 Å². The van der Waals surface area contributed by atoms with Gasteiger partial charge in [0, 0.05) is 11.3 Å². The van der Waals surface area contributed by atoms with Gasteiger partial charge in [-0.25, -0.2) is 4.98 Å². The molecule has 2 nitrogen and oxygen atoms in total. The highest BCUT2D eigenvalue weighted by Gasteiger charge is 2.07. The monoisotopic (exact) mass is 195 g/mol. The molecule has 0 radical (unpaired) electrons. The van der Waals surface area contributed by atoms with Gasteiger partial charge in [0.1, 0.15) is 0 Å². The van der Waals surface area contributed by atoms with Crippen molar-refractivity contribution in [3.8, 4) is 5.88 Å². The van der Waals surface area contributed by atoms with Crippen molar-refractivity contribution in [2.75, 3.05) is 7.11 Å². The third-order valence-corrected chi connectivity index (χ3v) is 1.84. The molecule has 2 heteroatoms. The minimum absolute atomic E-state index is 0.466. The predicted molar refractivity (Wildman–Crippen MR) is 61.0 cm³/mol. The molecule has 1 heterocycles. The number of hydrogen-bond acceptors (Lipinski definition) is 2. The maximum Gasteiger partial charge on any atom is 0.216 e. The average Bonchev–Trinajstić information content (AvgIpc) is 2.20. The fourth-order valence-corrected chi connectivity index (χ4v) is 1.15. The fraction of sp³-hybridized carbons (Fsp3) is 0.583. The number of aryl methyl sites for hydroxylation is 1. The van der Waals surface area contributed by atoms with E-state index in [0.717, 1.165) is 11.6 Å². The van der Waals surface area contributed by atoms with E-state index < -0.39 is 0 Å². The Morgan fingerprint density at radius 2 is 1.79 bits per heavy atom. The Hall–Kier alpha value is -1.05. The number of ether oxygens (including phenoxy) is 1. The van der Waals surface area contributed by atoms with Crippen LogP contribution < -0.4 is 4.74 Å². The van der Waals surface area contributed by atoms with Crippen molar-refractivity contribution in [1.29, 1.82) is 0 Å². The Balaban J connectivity index is 0.000000791. The number of hydrogen-bond donors (Lipinski definition) is 0. The van der Waals surface area contributed by atoms with E-state index in [-0.39, 0.29) is 0 Å². The molecule has 0 atom stereocenters. The molecule has 0 bridgehead atoms. The minimum atomic E-state index is 0.466. The van der Waals surface area contributed by atoms with Gasteiger partial charge in [-0.2, -0.15) is 0 Å². The highest BCUT2D eigenvalue weighted by molar-refractivity contribution is 5.30. The molecule has 1 aromatic rings. The standard InChI is InChI=1S/C10H15NO.C2H6/c1-7(2)9-6-5-8(3)11-10(9)12-4;1-2/h5-7H,1-4H3;1-2H3. The summed E-state index contributed by atoms with van der Waals surface area (Å²) in [6.07, 6.45) is 0. The van der Waals surface area contributed by atoms with E-state index in [1.807, 2.05) is 26.8 Å². The first-order chi connectivity index (χ1) is 6.65. The molecule has 1 aromatic heterocycles. The van der Waals surface area contributed by atoms with Gasteiger partial charge in [-0.1, -0.05) is 33.8 Å². The molecule has 0 aliphatic heterocycles. The third kappa shape index (κ3) is 3.36. The SMILES string of the molecule is CC.COc1nc(C)ccc1C(C)C. The van der Waals surface area contributed by atoms with Gasteiger partial charge in [0.25, 0.3) is 0 Å². The molecule has 0 aliphatic rings. The summed E-state index contributed by atoms with van der Waals surface area (Å²) in [5, 5.41) is 0. The molecule has 0 saturated heterocycles. The van der Waals surface area contributed by atoms with Crippen LogP contribution in [-0.4, -0.2) is 12.1 Å². The molecule has 0 aliphatic carbocycles. The Morgan fingerprint density at radius 1 is 1.21 bits per heavy atom. The molecule has 0 spiro atoms. The van der Waals surface area contributed by atoms with Gasteiger partial charge < -0.3 is 4.74 Å². The van der Waals surface area contributed by atoms with E-state index in [1.165, 1.54) is 5.56 Å². The molecule has 14 heavy (non-hydrogen) atoms. The van der Waals surface area contributed by atoms with Crippen LogP contribution in [0.25, 0.3) is 0 Å². The lowest BCUT2D eigenvalue weighted by atomic mass is 10.0. The molecule has 0 amide bonds. The largest absolute Gasteiger partial charge is 0.481 e. The summed E-state index contributed by atoms with van der Waals surface area (Å²) in [7, 11) is 1.66. The summed E-state index contributed by atoms with van der Waals surface area (Å²) in [6.45, 7) is 10.2. The zero-order valence-electron chi connectivity index (χ0n) is 10.1. The van der Waals surface area contributed by atoms with Crippen molar-refractivity contribution in [2.24, 2.45) is 0 Å². The lowest BCUT2D eigenvalue weighted by molar-refractivity contribution is 0.389. The summed E-state index contributed by atoms with van der Waals surface area (Å²) in [4.78, 5) is 4.29. The number of aromatic nitrogens is 1. The summed E-state index contributed by atoms with van der Waals surface area (Å²) >= 11 is 0. The first-order valence-corrected chi connectivity index (χ1v) is 5.16. The van der Waals surface area contributed by atoms with E-state index in [4.69, 9.17) is 4.74 Å². The van der Waals surface area contributed by atoms with Crippen molar-refractivity contribution in [1.82, 2.24) is 4.98 Å². The Morgan fingerprint density at radius 3 is 2.21 bits per heavy atom. The van der Waals surface area contributed by atoms with Gasteiger partial charge >= 0.3 is 0 Å². The summed E-state index contributed by atoms with van der Waals surface area (Å²) in [5.74, 6) is 1.22. The van der Waals surface area contributed by atoms with Gasteiger partial charge in [0.15, 0.2) is 0 Å². The second kappa shape index (κ2) is 6.41. The first kappa shape index (κ1) is 12.9. The van der Waals surface area contributed by atoms with E-state index in [1.54, 1.807) is 7.11 Å². The van der Waals surface area contributed by atoms with Crippen LogP contribution in [0, 0.1) is 6.92 Å². The Bertz CT molecular complexity index is 269. The molecule has 0 N–H and O–H groups in total. The Kier molecular flexibility index (Phi) is 5.93. The zero-order chi connectivity index (χ0) is 11.1. The quantitative estimate of drug-likeness (QED) is 0.720. The Labute approximate surface area is 87.3 Å². The van der Waals surface area contributed by atoms with Gasteiger partial charge in [-0.05, 0) is 18.9 Å². The second-order valence-electron chi connectivity index (χ2n) is 3.21. The van der Waals surface area contributed by atoms with Gasteiger partial charge in [0.05, 0.1) is 7.11 Å². The number of methoxy groups -OCH3 is 1. The number of pyridine rings is 1. The van der Waals surface area contributed by atoms with E-state index >= 15 is 0 Å². The first-order valence-electron chi connectivity index (χ1n) is 5.16. The van der Waals surface area contributed by atoms with Crippen molar-refractivity contribution in [3.63, 3.8) is 0 Å². The lowest BCUT2D eigenvalue weighted by Crippen LogP contribution is -1.97. The second-order valence-corrected chi connectivity index (χ2v) is 3.21. The molecule has 1 rings (SSSR count). The fourth-order valence-electron chi connectivity index (χ4n) is 1.15. The van der Waals surface area contributed by atoms with Gasteiger partial charge in [0.2, 0.25) is 5.88 Å². The summed E-state index contributed by atoms with van der Waals surface area (Å²) in [6, 6.07) is 4.09. The highest BCUT2D eigenvalue weighted by atomic mass is 16.5. The maximum absolute atomic E-state index is 5.18. The van der Waals surface area contributed by atoms with Crippen LogP contribution in [0.2, 0.25) is 0 Å². The maximum atomic E-state index is 5.18. The summed E-state index contributed by atoms with van der Waals surface area (Å²) in [5.41, 5.74) is 2.17. The van der Waals surface area contributed by atoms with E-state index in [9.17, 15) is 0 Å². The van der Waals surface area contributed by atoms with Crippen LogP contribution in [0.1, 0.15) is 44.9 Å². The van der Waals surface area contributed by atoms with Crippen LogP contribution in [0.4, 0.5) is 0 Å². The molecule has 0 aromatic carbocycles. The normalized spacial score (nSPS) is 9.36. The van der Waals surface area contributed by atoms with Crippen molar-refractivity contribution < 1.29 is 4.74 Å². The molecular weight excluding hydrogens is 174 g/mol. The minimum Gasteiger partial charge on any atom is -0.481 e. The van der Waals surface area contributed by atoms with Crippen LogP contribution in [0.5, 0.6) is 5.88 Å². The molecule has 0 unspecified atom stereocenters. The summed E-state index contributed by atoms with van der Waals surface area (Å²) < 4.78 is 5.18. The van der Waals surface area contributed by atoms with Crippen molar-refractivity contribution in [3.05, 3.63) is 23.4 Å². The highest BCUT2D eigenvalue weighted by Crippen LogP contribution is 2.23. The number of nitrogens with zero attached hydrogens (tertiary/aromatic N) is 1. The molecular formula is C12H21NO. The molecule has 0 saturated carbocycles. The third-order valence-electron chi connectivity index (χ3n) is 1.84. The van der Waals surface area contributed by atoms with E-state index in [0.29, 0.717) is 5.92 Å². The van der Waals surface area contributed by atoms with Crippen LogP contribution in [-0.2, 0) is 0 Å². The zero-order valence-corrected chi connectivity index (χ0v) is 10.1. The van der Waals surface area contributed by atoms with E-state index in [2.05, 4.69) is 24.9 Å². The lowest BCUT2D eigenvalue weighted by Gasteiger charge is -2.10. The van der Waals surface area contributed by atoms with Crippen LogP contribution >= 0.6 is 0 Å². The molecule has 0 fully saturated rings. The predicted octanol–water partition coefficient (Wildman–Crippen LogP) is 3.55.